The molecule has 0 aromatic heterocycles. The summed E-state index contributed by atoms with van der Waals surface area (Å²) in [5, 5.41) is 13.1. The number of hydrogen-bond acceptors (Lipinski definition) is 2. The average Bonchev–Trinajstić information content (AvgIpc) is 2.88. The quantitative estimate of drug-likeness (QED) is 0.752. The van der Waals surface area contributed by atoms with Crippen molar-refractivity contribution in [2.75, 3.05) is 13.7 Å². The van der Waals surface area contributed by atoms with Crippen LogP contribution in [0.2, 0.25) is 0 Å². The Bertz CT molecular complexity index is 267. The SMILES string of the molecule is CNC1C2CCC(C2)[C@]12CCC[C@H](CO)C2. The Morgan fingerprint density at radius 1 is 1.31 bits per heavy atom. The van der Waals surface area contributed by atoms with Gasteiger partial charge in [0.25, 0.3) is 0 Å². The summed E-state index contributed by atoms with van der Waals surface area (Å²) in [6.45, 7) is 0.412. The average molecular weight is 223 g/mol. The van der Waals surface area contributed by atoms with E-state index in [9.17, 15) is 5.11 Å². The molecule has 0 radical (unpaired) electrons. The van der Waals surface area contributed by atoms with Crippen molar-refractivity contribution in [3.8, 4) is 0 Å². The summed E-state index contributed by atoms with van der Waals surface area (Å²) < 4.78 is 0. The van der Waals surface area contributed by atoms with Crippen LogP contribution in [-0.2, 0) is 0 Å². The van der Waals surface area contributed by atoms with E-state index in [4.69, 9.17) is 0 Å². The smallest absolute Gasteiger partial charge is 0.0459 e. The summed E-state index contributed by atoms with van der Waals surface area (Å²) in [7, 11) is 2.15. The largest absolute Gasteiger partial charge is 0.396 e. The molecule has 0 heterocycles. The Labute approximate surface area is 98.8 Å². The van der Waals surface area contributed by atoms with Gasteiger partial charge in [-0.15, -0.1) is 0 Å². The second kappa shape index (κ2) is 3.99. The van der Waals surface area contributed by atoms with Crippen LogP contribution in [0.25, 0.3) is 0 Å². The van der Waals surface area contributed by atoms with Gasteiger partial charge in [-0.25, -0.2) is 0 Å². The molecular weight excluding hydrogens is 198 g/mol. The van der Waals surface area contributed by atoms with Crippen molar-refractivity contribution in [2.45, 2.75) is 51.0 Å². The molecule has 0 aromatic carbocycles. The highest BCUT2D eigenvalue weighted by Gasteiger charge is 2.58. The van der Waals surface area contributed by atoms with Crippen molar-refractivity contribution in [1.29, 1.82) is 0 Å². The Hall–Kier alpha value is -0.0800. The Kier molecular flexibility index (Phi) is 2.75. The van der Waals surface area contributed by atoms with Crippen LogP contribution in [-0.4, -0.2) is 24.8 Å². The number of hydrogen-bond donors (Lipinski definition) is 2. The molecule has 2 N–H and O–H groups in total. The minimum Gasteiger partial charge on any atom is -0.396 e. The summed E-state index contributed by atoms with van der Waals surface area (Å²) in [6.07, 6.45) is 9.66. The lowest BCUT2D eigenvalue weighted by atomic mass is 9.59. The summed E-state index contributed by atoms with van der Waals surface area (Å²) in [5.74, 6) is 2.49. The first-order valence-corrected chi connectivity index (χ1v) is 7.08. The van der Waals surface area contributed by atoms with E-state index < -0.39 is 0 Å². The van der Waals surface area contributed by atoms with Gasteiger partial charge in [0.2, 0.25) is 0 Å². The van der Waals surface area contributed by atoms with Gasteiger partial charge in [-0.3, -0.25) is 0 Å². The summed E-state index contributed by atoms with van der Waals surface area (Å²) in [6, 6.07) is 0.751. The molecule has 3 aliphatic carbocycles. The van der Waals surface area contributed by atoms with Crippen molar-refractivity contribution in [2.24, 2.45) is 23.2 Å². The van der Waals surface area contributed by atoms with Gasteiger partial charge in [0.05, 0.1) is 0 Å². The van der Waals surface area contributed by atoms with Crippen molar-refractivity contribution >= 4 is 0 Å². The molecule has 92 valence electrons. The third-order valence-electron chi connectivity index (χ3n) is 5.87. The minimum absolute atomic E-state index is 0.412. The summed E-state index contributed by atoms with van der Waals surface area (Å²) in [4.78, 5) is 0. The van der Waals surface area contributed by atoms with E-state index in [2.05, 4.69) is 12.4 Å². The van der Waals surface area contributed by atoms with Crippen LogP contribution < -0.4 is 5.32 Å². The van der Waals surface area contributed by atoms with Crippen LogP contribution in [0.1, 0.15) is 44.9 Å². The van der Waals surface area contributed by atoms with Crippen LogP contribution >= 0.6 is 0 Å². The molecule has 2 nitrogen and oxygen atoms in total. The highest BCUT2D eigenvalue weighted by atomic mass is 16.3. The molecule has 3 saturated carbocycles. The Balaban J connectivity index is 1.84. The van der Waals surface area contributed by atoms with Gasteiger partial charge in [0.1, 0.15) is 0 Å². The molecule has 3 fully saturated rings. The Morgan fingerprint density at radius 3 is 2.94 bits per heavy atom. The molecule has 2 heteroatoms. The first-order valence-electron chi connectivity index (χ1n) is 7.08. The second-order valence-electron chi connectivity index (χ2n) is 6.41. The van der Waals surface area contributed by atoms with Gasteiger partial charge in [0, 0.05) is 12.6 Å². The van der Waals surface area contributed by atoms with Gasteiger partial charge in [-0.1, -0.05) is 6.42 Å². The maximum atomic E-state index is 9.44. The zero-order valence-electron chi connectivity index (χ0n) is 10.4. The standard InChI is InChI=1S/C14H25NO/c1-15-13-11-4-5-12(7-11)14(13)6-2-3-10(8-14)9-16/h10-13,15-16H,2-9H2,1H3/t10-,11?,12?,13?,14+/m0/s1. The summed E-state index contributed by atoms with van der Waals surface area (Å²) in [5.41, 5.74) is 0.559. The minimum atomic E-state index is 0.412. The molecule has 0 aromatic rings. The van der Waals surface area contributed by atoms with Gasteiger partial charge in [0.15, 0.2) is 0 Å². The first-order chi connectivity index (χ1) is 7.80. The molecule has 1 spiro atoms. The third-order valence-corrected chi connectivity index (χ3v) is 5.87. The molecular formula is C14H25NO. The van der Waals surface area contributed by atoms with Crippen LogP contribution in [0.4, 0.5) is 0 Å². The maximum Gasteiger partial charge on any atom is 0.0459 e. The van der Waals surface area contributed by atoms with E-state index in [1.807, 2.05) is 0 Å². The van der Waals surface area contributed by atoms with E-state index >= 15 is 0 Å². The molecule has 2 bridgehead atoms. The highest BCUT2D eigenvalue weighted by Crippen LogP contribution is 2.62. The number of aliphatic hydroxyl groups excluding tert-OH is 1. The third kappa shape index (κ3) is 1.39. The number of rotatable bonds is 2. The van der Waals surface area contributed by atoms with E-state index in [0.29, 0.717) is 17.9 Å². The highest BCUT2D eigenvalue weighted by molar-refractivity contribution is 5.10. The van der Waals surface area contributed by atoms with Gasteiger partial charge >= 0.3 is 0 Å². The monoisotopic (exact) mass is 223 g/mol. The van der Waals surface area contributed by atoms with Crippen molar-refractivity contribution in [3.05, 3.63) is 0 Å². The van der Waals surface area contributed by atoms with Gasteiger partial charge in [-0.05, 0) is 68.7 Å². The molecule has 3 rings (SSSR count). The second-order valence-corrected chi connectivity index (χ2v) is 6.41. The van der Waals surface area contributed by atoms with Gasteiger partial charge < -0.3 is 10.4 Å². The summed E-state index contributed by atoms with van der Waals surface area (Å²) >= 11 is 0. The molecule has 16 heavy (non-hydrogen) atoms. The number of fused-ring (bicyclic) bond motifs is 3. The first kappa shape index (κ1) is 11.0. The topological polar surface area (TPSA) is 32.3 Å². The predicted molar refractivity (Wildman–Crippen MR) is 65.2 cm³/mol. The van der Waals surface area contributed by atoms with E-state index in [0.717, 1.165) is 17.9 Å². The van der Waals surface area contributed by atoms with Crippen LogP contribution in [0.3, 0.4) is 0 Å². The Morgan fingerprint density at radius 2 is 2.19 bits per heavy atom. The van der Waals surface area contributed by atoms with Crippen molar-refractivity contribution in [1.82, 2.24) is 5.32 Å². The van der Waals surface area contributed by atoms with Crippen LogP contribution in [0, 0.1) is 23.2 Å². The van der Waals surface area contributed by atoms with E-state index in [1.165, 1.54) is 44.9 Å². The lowest BCUT2D eigenvalue weighted by Gasteiger charge is -2.49. The zero-order chi connectivity index (χ0) is 11.2. The lowest BCUT2D eigenvalue weighted by molar-refractivity contribution is 0.0191. The molecule has 0 amide bonds. The van der Waals surface area contributed by atoms with Crippen LogP contribution in [0.5, 0.6) is 0 Å². The van der Waals surface area contributed by atoms with Crippen molar-refractivity contribution < 1.29 is 5.11 Å². The molecule has 3 aliphatic rings. The van der Waals surface area contributed by atoms with E-state index in [-0.39, 0.29) is 0 Å². The normalized spacial score (nSPS) is 51.4. The molecule has 0 saturated heterocycles. The molecule has 3 unspecified atom stereocenters. The predicted octanol–water partition coefficient (Wildman–Crippen LogP) is 2.17. The number of aliphatic hydroxyl groups is 1. The molecule has 5 atom stereocenters. The van der Waals surface area contributed by atoms with Crippen LogP contribution in [0.15, 0.2) is 0 Å². The van der Waals surface area contributed by atoms with E-state index in [1.54, 1.807) is 0 Å². The zero-order valence-corrected chi connectivity index (χ0v) is 10.4. The fourth-order valence-electron chi connectivity index (χ4n) is 5.36. The van der Waals surface area contributed by atoms with Crippen molar-refractivity contribution in [3.63, 3.8) is 0 Å². The lowest BCUT2D eigenvalue weighted by Crippen LogP contribution is -2.50. The maximum absolute atomic E-state index is 9.44. The fourth-order valence-corrected chi connectivity index (χ4v) is 5.36. The fraction of sp³-hybridized carbons (Fsp3) is 1.00. The molecule has 0 aliphatic heterocycles. The van der Waals surface area contributed by atoms with Gasteiger partial charge in [-0.2, -0.15) is 0 Å². The number of nitrogens with one attached hydrogen (secondary N) is 1.